The molecule has 0 aliphatic heterocycles. The molecule has 0 unspecified atom stereocenters. The quantitative estimate of drug-likeness (QED) is 0.799. The van der Waals surface area contributed by atoms with Crippen LogP contribution in [0.4, 0.5) is 5.69 Å². The number of carbonyl (C=O) groups excluding carboxylic acids is 1. The van der Waals surface area contributed by atoms with Gasteiger partial charge in [0.1, 0.15) is 5.75 Å². The average Bonchev–Trinajstić information content (AvgIpc) is 2.55. The van der Waals surface area contributed by atoms with Crippen LogP contribution in [-0.4, -0.2) is 25.8 Å². The number of nitrogens with one attached hydrogen (secondary N) is 1. The Balaban J connectivity index is 1.83. The highest BCUT2D eigenvalue weighted by Gasteiger charge is 2.16. The van der Waals surface area contributed by atoms with E-state index in [-0.39, 0.29) is 5.75 Å². The van der Waals surface area contributed by atoms with E-state index in [1.165, 1.54) is 0 Å². The molecule has 0 atom stereocenters. The molecule has 0 aliphatic carbocycles. The van der Waals surface area contributed by atoms with E-state index in [0.29, 0.717) is 18.5 Å². The number of rotatable bonds is 8. The second kappa shape index (κ2) is 8.64. The molecule has 0 fully saturated rings. The maximum Gasteiger partial charge on any atom is 0.239 e. The Morgan fingerprint density at radius 1 is 1.00 bits per heavy atom. The van der Waals surface area contributed by atoms with E-state index in [2.05, 4.69) is 5.32 Å². The van der Waals surface area contributed by atoms with Crippen LogP contribution in [0.25, 0.3) is 0 Å². The third-order valence-corrected chi connectivity index (χ3v) is 5.35. The number of amides is 1. The highest BCUT2D eigenvalue weighted by atomic mass is 32.2. The van der Waals surface area contributed by atoms with Gasteiger partial charge >= 0.3 is 0 Å². The van der Waals surface area contributed by atoms with Gasteiger partial charge in [0, 0.05) is 5.69 Å². The molecule has 0 aromatic heterocycles. The molecular weight excluding hydrogens is 322 g/mol. The summed E-state index contributed by atoms with van der Waals surface area (Å²) < 4.78 is 24.2. The molecule has 128 valence electrons. The molecule has 0 heterocycles. The number of sulfone groups is 1. The van der Waals surface area contributed by atoms with Crippen molar-refractivity contribution in [1.29, 1.82) is 0 Å². The maximum atomic E-state index is 12.1. The summed E-state index contributed by atoms with van der Waals surface area (Å²) >= 11 is 0. The minimum Gasteiger partial charge on any atom is -0.325 e. The van der Waals surface area contributed by atoms with Crippen LogP contribution in [0.2, 0.25) is 0 Å². The zero-order valence-corrected chi connectivity index (χ0v) is 14.7. The second-order valence-corrected chi connectivity index (χ2v) is 7.97. The lowest BCUT2D eigenvalue weighted by Gasteiger charge is -2.08. The van der Waals surface area contributed by atoms with E-state index in [0.717, 1.165) is 17.5 Å². The number of carbonyl (C=O) groups is 1. The van der Waals surface area contributed by atoms with Gasteiger partial charge in [0.15, 0.2) is 9.84 Å². The van der Waals surface area contributed by atoms with Crippen molar-refractivity contribution in [2.45, 2.75) is 26.2 Å². The summed E-state index contributed by atoms with van der Waals surface area (Å²) in [4.78, 5) is 12.0. The monoisotopic (exact) mass is 345 g/mol. The van der Waals surface area contributed by atoms with E-state index in [1.54, 1.807) is 6.07 Å². The van der Waals surface area contributed by atoms with Crippen molar-refractivity contribution in [3.8, 4) is 0 Å². The Morgan fingerprint density at radius 2 is 1.71 bits per heavy atom. The van der Waals surface area contributed by atoms with Crippen molar-refractivity contribution < 1.29 is 13.2 Å². The third kappa shape index (κ3) is 6.16. The van der Waals surface area contributed by atoms with E-state index < -0.39 is 21.5 Å². The molecule has 24 heavy (non-hydrogen) atoms. The average molecular weight is 345 g/mol. The zero-order valence-electron chi connectivity index (χ0n) is 13.9. The first kappa shape index (κ1) is 18.2. The van der Waals surface area contributed by atoms with Gasteiger partial charge in [0.25, 0.3) is 0 Å². The Kier molecular flexibility index (Phi) is 6.55. The van der Waals surface area contributed by atoms with E-state index >= 15 is 0 Å². The summed E-state index contributed by atoms with van der Waals surface area (Å²) in [6, 6.07) is 17.2. The number of aryl methyl sites for hydroxylation is 2. The van der Waals surface area contributed by atoms with Crippen LogP contribution in [0.1, 0.15) is 24.5 Å². The van der Waals surface area contributed by atoms with Crippen LogP contribution >= 0.6 is 0 Å². The number of benzene rings is 2. The molecule has 5 heteroatoms. The summed E-state index contributed by atoms with van der Waals surface area (Å²) in [5.41, 5.74) is 2.84. The summed E-state index contributed by atoms with van der Waals surface area (Å²) in [7, 11) is -3.40. The zero-order chi connectivity index (χ0) is 17.4. The lowest BCUT2D eigenvalue weighted by molar-refractivity contribution is -0.113. The van der Waals surface area contributed by atoms with Crippen LogP contribution in [-0.2, 0) is 27.5 Å². The van der Waals surface area contributed by atoms with Crippen molar-refractivity contribution in [2.75, 3.05) is 16.8 Å². The highest BCUT2D eigenvalue weighted by molar-refractivity contribution is 7.92. The molecule has 0 spiro atoms. The Labute approximate surface area is 143 Å². The van der Waals surface area contributed by atoms with Gasteiger partial charge in [-0.15, -0.1) is 0 Å². The van der Waals surface area contributed by atoms with Crippen LogP contribution < -0.4 is 5.32 Å². The van der Waals surface area contributed by atoms with Gasteiger partial charge in [-0.25, -0.2) is 8.42 Å². The standard InChI is InChI=1S/C19H23NO3S/c1-2-16-10-6-12-18(14-16)20-19(21)15-24(22,23)13-7-11-17-8-4-3-5-9-17/h3-6,8-10,12,14H,2,7,11,13,15H2,1H3,(H,20,21). The molecule has 2 aromatic carbocycles. The number of hydrogen-bond donors (Lipinski definition) is 1. The molecule has 0 radical (unpaired) electrons. The third-order valence-electron chi connectivity index (χ3n) is 3.73. The topological polar surface area (TPSA) is 63.2 Å². The first-order valence-electron chi connectivity index (χ1n) is 8.11. The van der Waals surface area contributed by atoms with Crippen molar-refractivity contribution in [3.05, 3.63) is 65.7 Å². The van der Waals surface area contributed by atoms with Gasteiger partial charge in [0.05, 0.1) is 5.75 Å². The van der Waals surface area contributed by atoms with Crippen molar-refractivity contribution in [2.24, 2.45) is 0 Å². The molecule has 2 aromatic rings. The smallest absolute Gasteiger partial charge is 0.239 e. The molecule has 0 saturated heterocycles. The molecule has 1 amide bonds. The van der Waals surface area contributed by atoms with Gasteiger partial charge < -0.3 is 5.32 Å². The van der Waals surface area contributed by atoms with Gasteiger partial charge in [-0.05, 0) is 42.5 Å². The minimum atomic E-state index is -3.40. The van der Waals surface area contributed by atoms with Crippen molar-refractivity contribution in [1.82, 2.24) is 0 Å². The van der Waals surface area contributed by atoms with Gasteiger partial charge in [-0.2, -0.15) is 0 Å². The van der Waals surface area contributed by atoms with Gasteiger partial charge in [0.2, 0.25) is 5.91 Å². The van der Waals surface area contributed by atoms with Crippen molar-refractivity contribution in [3.63, 3.8) is 0 Å². The second-order valence-electron chi connectivity index (χ2n) is 5.78. The number of hydrogen-bond acceptors (Lipinski definition) is 3. The highest BCUT2D eigenvalue weighted by Crippen LogP contribution is 2.11. The number of anilines is 1. The summed E-state index contributed by atoms with van der Waals surface area (Å²) in [5, 5.41) is 2.66. The van der Waals surface area contributed by atoms with E-state index in [4.69, 9.17) is 0 Å². The normalized spacial score (nSPS) is 11.2. The fraction of sp³-hybridized carbons (Fsp3) is 0.316. The molecule has 0 saturated carbocycles. The van der Waals surface area contributed by atoms with Crippen LogP contribution in [0.3, 0.4) is 0 Å². The predicted octanol–water partition coefficient (Wildman–Crippen LogP) is 3.24. The molecule has 0 aliphatic rings. The predicted molar refractivity (Wildman–Crippen MR) is 97.9 cm³/mol. The lowest BCUT2D eigenvalue weighted by atomic mass is 10.1. The molecule has 0 bridgehead atoms. The Hall–Kier alpha value is -2.14. The molecule has 4 nitrogen and oxygen atoms in total. The minimum absolute atomic E-state index is 0.0182. The van der Waals surface area contributed by atoms with Gasteiger partial charge in [-0.1, -0.05) is 49.4 Å². The van der Waals surface area contributed by atoms with Gasteiger partial charge in [-0.3, -0.25) is 4.79 Å². The Morgan fingerprint density at radius 3 is 2.42 bits per heavy atom. The summed E-state index contributed by atoms with van der Waals surface area (Å²) in [6.07, 6.45) is 2.08. The van der Waals surface area contributed by atoms with E-state index in [9.17, 15) is 13.2 Å². The molecule has 2 rings (SSSR count). The fourth-order valence-corrected chi connectivity index (χ4v) is 3.68. The SMILES string of the molecule is CCc1cccc(NC(=O)CS(=O)(=O)CCCc2ccccc2)c1. The first-order valence-corrected chi connectivity index (χ1v) is 9.94. The molecular formula is C19H23NO3S. The van der Waals surface area contributed by atoms with Crippen molar-refractivity contribution >= 4 is 21.4 Å². The first-order chi connectivity index (χ1) is 11.5. The van der Waals surface area contributed by atoms with Crippen LogP contribution in [0.5, 0.6) is 0 Å². The van der Waals surface area contributed by atoms with E-state index in [1.807, 2.05) is 55.5 Å². The summed E-state index contributed by atoms with van der Waals surface area (Å²) in [5.74, 6) is -0.939. The maximum absolute atomic E-state index is 12.1. The fourth-order valence-electron chi connectivity index (χ4n) is 2.48. The van der Waals surface area contributed by atoms with Crippen LogP contribution in [0.15, 0.2) is 54.6 Å². The van der Waals surface area contributed by atoms with Crippen LogP contribution in [0, 0.1) is 0 Å². The summed E-state index contributed by atoms with van der Waals surface area (Å²) in [6.45, 7) is 2.03. The lowest BCUT2D eigenvalue weighted by Crippen LogP contribution is -2.25. The Bertz CT molecular complexity index is 770. The largest absolute Gasteiger partial charge is 0.325 e. The molecule has 1 N–H and O–H groups in total.